The predicted octanol–water partition coefficient (Wildman–Crippen LogP) is 1.94. The maximum absolute atomic E-state index is 12.9. The zero-order chi connectivity index (χ0) is 19.9. The smallest absolute Gasteiger partial charge is 0.322 e. The highest BCUT2D eigenvalue weighted by atomic mass is 16.5. The van der Waals surface area contributed by atoms with Gasteiger partial charge in [0.1, 0.15) is 5.75 Å². The van der Waals surface area contributed by atoms with Crippen LogP contribution in [-0.2, 0) is 16.9 Å². The number of hydrogen-bond donors (Lipinski definition) is 2. The monoisotopic (exact) mass is 376 g/mol. The van der Waals surface area contributed by atoms with Crippen molar-refractivity contribution in [2.45, 2.75) is 12.1 Å². The van der Waals surface area contributed by atoms with Gasteiger partial charge in [0.15, 0.2) is 11.2 Å². The molecule has 2 aliphatic heterocycles. The topological polar surface area (TPSA) is 92.1 Å². The summed E-state index contributed by atoms with van der Waals surface area (Å²) in [6.45, 7) is 7.36. The lowest BCUT2D eigenvalue weighted by Gasteiger charge is -2.31. The Morgan fingerprint density at radius 3 is 2.54 bits per heavy atom. The van der Waals surface area contributed by atoms with Crippen molar-refractivity contribution in [3.63, 3.8) is 0 Å². The highest BCUT2D eigenvalue weighted by Crippen LogP contribution is 2.33. The fourth-order valence-corrected chi connectivity index (χ4v) is 3.60. The number of nitrogens with one attached hydrogen (secondary N) is 2. The van der Waals surface area contributed by atoms with E-state index in [-0.39, 0.29) is 12.5 Å². The Hall–Kier alpha value is -3.86. The van der Waals surface area contributed by atoms with E-state index in [1.54, 1.807) is 36.4 Å². The van der Waals surface area contributed by atoms with Crippen LogP contribution in [0.1, 0.15) is 21.5 Å². The van der Waals surface area contributed by atoms with Gasteiger partial charge in [0.2, 0.25) is 0 Å². The molecule has 8 heteroatoms. The number of ether oxygens (including phenoxy) is 1. The Labute approximate surface area is 160 Å². The molecule has 0 aliphatic carbocycles. The number of rotatable bonds is 4. The Bertz CT molecular complexity index is 1040. The number of carbonyl (C=O) groups excluding carboxylic acids is 3. The van der Waals surface area contributed by atoms with Crippen molar-refractivity contribution >= 4 is 23.5 Å². The van der Waals surface area contributed by atoms with Crippen LogP contribution in [0.2, 0.25) is 0 Å². The van der Waals surface area contributed by atoms with E-state index < -0.39 is 17.5 Å². The van der Waals surface area contributed by atoms with Crippen LogP contribution in [0.4, 0.5) is 10.5 Å². The molecule has 4 rings (SSSR count). The van der Waals surface area contributed by atoms with Gasteiger partial charge in [0.05, 0.1) is 20.2 Å². The number of hydrogen-bond acceptors (Lipinski definition) is 4. The molecular weight excluding hydrogens is 360 g/mol. The van der Waals surface area contributed by atoms with Crippen LogP contribution in [0.5, 0.6) is 5.75 Å². The molecule has 2 aliphatic rings. The molecule has 0 aromatic heterocycles. The molecule has 2 aromatic rings. The Morgan fingerprint density at radius 2 is 1.93 bits per heavy atom. The van der Waals surface area contributed by atoms with E-state index in [4.69, 9.17) is 11.3 Å². The quantitative estimate of drug-likeness (QED) is 0.630. The molecule has 1 fully saturated rings. The van der Waals surface area contributed by atoms with Gasteiger partial charge in [-0.1, -0.05) is 30.3 Å². The lowest BCUT2D eigenvalue weighted by Crippen LogP contribution is -2.52. The molecule has 0 unspecified atom stereocenters. The van der Waals surface area contributed by atoms with E-state index in [9.17, 15) is 14.4 Å². The molecule has 0 saturated carbocycles. The molecule has 0 bridgehead atoms. The minimum absolute atomic E-state index is 0.0300. The maximum Gasteiger partial charge on any atom is 0.322 e. The van der Waals surface area contributed by atoms with Gasteiger partial charge >= 0.3 is 6.03 Å². The molecule has 2 aromatic carbocycles. The number of imide groups is 1. The summed E-state index contributed by atoms with van der Waals surface area (Å²) in [6.07, 6.45) is 0. The largest absolute Gasteiger partial charge is 0.497 e. The summed E-state index contributed by atoms with van der Waals surface area (Å²) in [5.41, 5.74) is 0.848. The second-order valence-corrected chi connectivity index (χ2v) is 6.66. The third-order valence-electron chi connectivity index (χ3n) is 5.05. The second-order valence-electron chi connectivity index (χ2n) is 6.66. The number of amides is 4. The van der Waals surface area contributed by atoms with Crippen LogP contribution in [-0.4, -0.2) is 36.4 Å². The molecule has 140 valence electrons. The first-order valence-corrected chi connectivity index (χ1v) is 8.54. The number of fused-ring (bicyclic) bond motifs is 1. The van der Waals surface area contributed by atoms with E-state index in [1.165, 1.54) is 12.0 Å². The van der Waals surface area contributed by atoms with Crippen molar-refractivity contribution in [2.75, 3.05) is 13.7 Å². The van der Waals surface area contributed by atoms with Gasteiger partial charge in [-0.3, -0.25) is 14.9 Å². The zero-order valence-electron chi connectivity index (χ0n) is 15.0. The third kappa shape index (κ3) is 2.65. The fraction of sp³-hybridized carbons (Fsp3) is 0.200. The SMILES string of the molecule is [C-]#[N+]c1ccc([C@]2(CN3Cc4ccc(OC)cc4C3=O)NC(=O)NC2=O)cc1. The minimum Gasteiger partial charge on any atom is -0.497 e. The van der Waals surface area contributed by atoms with E-state index in [0.29, 0.717) is 29.1 Å². The summed E-state index contributed by atoms with van der Waals surface area (Å²) in [4.78, 5) is 42.4. The fourth-order valence-electron chi connectivity index (χ4n) is 3.60. The number of methoxy groups -OCH3 is 1. The standard InChI is InChI=1S/C20H16N4O4/c1-21-14-6-4-13(5-7-14)20(18(26)22-19(27)23-20)11-24-10-12-3-8-15(28-2)9-16(12)17(24)25/h3-9H,10-11H2,2H3,(H2,22,23,26,27)/t20-/m0/s1. The average Bonchev–Trinajstić information content (AvgIpc) is 3.17. The zero-order valence-corrected chi connectivity index (χ0v) is 15.0. The maximum atomic E-state index is 12.9. The molecule has 4 amide bonds. The molecule has 0 spiro atoms. The van der Waals surface area contributed by atoms with Crippen molar-refractivity contribution < 1.29 is 19.1 Å². The first-order valence-electron chi connectivity index (χ1n) is 8.54. The van der Waals surface area contributed by atoms with Gasteiger partial charge in [-0.15, -0.1) is 0 Å². The average molecular weight is 376 g/mol. The van der Waals surface area contributed by atoms with E-state index in [2.05, 4.69) is 15.5 Å². The van der Waals surface area contributed by atoms with Gasteiger partial charge in [-0.05, 0) is 23.3 Å². The number of nitrogens with zero attached hydrogens (tertiary/aromatic N) is 2. The summed E-state index contributed by atoms with van der Waals surface area (Å²) in [7, 11) is 1.53. The van der Waals surface area contributed by atoms with Gasteiger partial charge in [0, 0.05) is 12.1 Å². The highest BCUT2D eigenvalue weighted by Gasteiger charge is 2.50. The molecule has 28 heavy (non-hydrogen) atoms. The molecule has 1 atom stereocenters. The van der Waals surface area contributed by atoms with E-state index in [1.807, 2.05) is 6.07 Å². The summed E-state index contributed by atoms with van der Waals surface area (Å²) in [6, 6.07) is 11.0. The summed E-state index contributed by atoms with van der Waals surface area (Å²) in [5, 5.41) is 4.93. The van der Waals surface area contributed by atoms with Crippen LogP contribution in [0.25, 0.3) is 4.85 Å². The third-order valence-corrected chi connectivity index (χ3v) is 5.05. The van der Waals surface area contributed by atoms with E-state index >= 15 is 0 Å². The highest BCUT2D eigenvalue weighted by molar-refractivity contribution is 6.08. The number of benzene rings is 2. The predicted molar refractivity (Wildman–Crippen MR) is 98.8 cm³/mol. The normalized spacial score (nSPS) is 20.4. The second kappa shape index (κ2) is 6.39. The van der Waals surface area contributed by atoms with Crippen LogP contribution >= 0.6 is 0 Å². The molecule has 8 nitrogen and oxygen atoms in total. The number of carbonyl (C=O) groups is 3. The van der Waals surface area contributed by atoms with Crippen molar-refractivity contribution in [2.24, 2.45) is 0 Å². The van der Waals surface area contributed by atoms with Crippen LogP contribution in [0.15, 0.2) is 42.5 Å². The van der Waals surface area contributed by atoms with Gasteiger partial charge in [-0.25, -0.2) is 9.64 Å². The Morgan fingerprint density at radius 1 is 1.18 bits per heavy atom. The Kier molecular flexibility index (Phi) is 4.00. The van der Waals surface area contributed by atoms with Crippen molar-refractivity contribution in [1.29, 1.82) is 0 Å². The van der Waals surface area contributed by atoms with Crippen LogP contribution in [0, 0.1) is 6.57 Å². The van der Waals surface area contributed by atoms with Gasteiger partial charge in [0.25, 0.3) is 11.8 Å². The number of urea groups is 1. The lowest BCUT2D eigenvalue weighted by atomic mass is 9.89. The van der Waals surface area contributed by atoms with Gasteiger partial charge in [-0.2, -0.15) is 0 Å². The minimum atomic E-state index is -1.42. The van der Waals surface area contributed by atoms with Crippen molar-refractivity contribution in [1.82, 2.24) is 15.5 Å². The van der Waals surface area contributed by atoms with Gasteiger partial charge < -0.3 is 15.0 Å². The lowest BCUT2D eigenvalue weighted by molar-refractivity contribution is -0.124. The van der Waals surface area contributed by atoms with Crippen LogP contribution in [0.3, 0.4) is 0 Å². The summed E-state index contributed by atoms with van der Waals surface area (Å²) >= 11 is 0. The first-order chi connectivity index (χ1) is 13.5. The molecule has 1 saturated heterocycles. The molecular formula is C20H16N4O4. The van der Waals surface area contributed by atoms with E-state index in [0.717, 1.165) is 5.56 Å². The van der Waals surface area contributed by atoms with Crippen molar-refractivity contribution in [3.05, 3.63) is 70.6 Å². The Balaban J connectivity index is 1.70. The summed E-state index contributed by atoms with van der Waals surface area (Å²) in [5.74, 6) is -0.195. The van der Waals surface area contributed by atoms with Crippen molar-refractivity contribution in [3.8, 4) is 5.75 Å². The molecule has 2 heterocycles. The molecule has 2 N–H and O–H groups in total. The first kappa shape index (κ1) is 17.5. The van der Waals surface area contributed by atoms with Crippen LogP contribution < -0.4 is 15.4 Å². The molecule has 0 radical (unpaired) electrons. The summed E-state index contributed by atoms with van der Waals surface area (Å²) < 4.78 is 5.18.